The normalized spacial score (nSPS) is 15.9. The van der Waals surface area contributed by atoms with Gasteiger partial charge in [-0.3, -0.25) is 9.59 Å². The van der Waals surface area contributed by atoms with Gasteiger partial charge in [-0.1, -0.05) is 54.6 Å². The molecule has 2 aromatic rings. The first-order valence-electron chi connectivity index (χ1n) is 6.48. The summed E-state index contributed by atoms with van der Waals surface area (Å²) in [6, 6.07) is 15.8. The summed E-state index contributed by atoms with van der Waals surface area (Å²) in [5, 5.41) is -0.740. The Morgan fingerprint density at radius 2 is 1.33 bits per heavy atom. The molecule has 2 N–H and O–H groups in total. The molecule has 0 spiro atoms. The molecule has 0 saturated heterocycles. The van der Waals surface area contributed by atoms with Crippen LogP contribution in [0.3, 0.4) is 0 Å². The predicted molar refractivity (Wildman–Crippen MR) is 81.4 cm³/mol. The van der Waals surface area contributed by atoms with E-state index in [-0.39, 0.29) is 22.8 Å². The minimum Gasteiger partial charge on any atom is -0.395 e. The van der Waals surface area contributed by atoms with Gasteiger partial charge in [0.25, 0.3) is 0 Å². The number of carbonyl (C=O) groups is 2. The van der Waals surface area contributed by atoms with Gasteiger partial charge in [-0.15, -0.1) is 11.6 Å². The van der Waals surface area contributed by atoms with Crippen molar-refractivity contribution < 1.29 is 9.59 Å². The molecular weight excluding hydrogens is 286 g/mol. The number of nitrogens with two attached hydrogens (primary N) is 1. The van der Waals surface area contributed by atoms with E-state index in [1.165, 1.54) is 0 Å². The third kappa shape index (κ3) is 2.16. The zero-order valence-electron chi connectivity index (χ0n) is 11.0. The number of fused-ring (bicyclic) bond motifs is 1. The van der Waals surface area contributed by atoms with E-state index in [9.17, 15) is 9.59 Å². The Kier molecular flexibility index (Phi) is 3.35. The molecule has 3 rings (SSSR count). The second-order valence-corrected chi connectivity index (χ2v) is 5.24. The van der Waals surface area contributed by atoms with E-state index >= 15 is 0 Å². The number of rotatable bonds is 2. The quantitative estimate of drug-likeness (QED) is 0.866. The summed E-state index contributed by atoms with van der Waals surface area (Å²) in [5.74, 6) is -0.631. The lowest BCUT2D eigenvalue weighted by Crippen LogP contribution is -2.28. The van der Waals surface area contributed by atoms with E-state index in [4.69, 9.17) is 17.3 Å². The molecule has 0 heterocycles. The lowest BCUT2D eigenvalue weighted by atomic mass is 9.84. The van der Waals surface area contributed by atoms with Crippen molar-refractivity contribution in [3.05, 3.63) is 82.6 Å². The molecule has 0 amide bonds. The molecule has 1 aliphatic carbocycles. The van der Waals surface area contributed by atoms with Gasteiger partial charge in [0, 0.05) is 16.7 Å². The Balaban J connectivity index is 2.13. The smallest absolute Gasteiger partial charge is 0.209 e. The third-order valence-corrected chi connectivity index (χ3v) is 4.01. The van der Waals surface area contributed by atoms with Crippen molar-refractivity contribution in [1.29, 1.82) is 0 Å². The molecule has 21 heavy (non-hydrogen) atoms. The number of hydrogen-bond donors (Lipinski definition) is 1. The standard InChI is InChI=1S/C17H12ClNO2/c18-14(10-6-2-1-3-7-10)13-15(19)17(21)12-9-5-4-8-11(12)16(13)20/h1-9,14H,19H2. The second kappa shape index (κ2) is 5.19. The summed E-state index contributed by atoms with van der Waals surface area (Å²) in [6.45, 7) is 0. The number of alkyl halides is 1. The summed E-state index contributed by atoms with van der Waals surface area (Å²) in [5.41, 5.74) is 7.41. The highest BCUT2D eigenvalue weighted by atomic mass is 35.5. The van der Waals surface area contributed by atoms with Gasteiger partial charge in [0.15, 0.2) is 5.78 Å². The highest BCUT2D eigenvalue weighted by molar-refractivity contribution is 6.33. The van der Waals surface area contributed by atoms with Crippen LogP contribution in [-0.2, 0) is 0 Å². The fourth-order valence-electron chi connectivity index (χ4n) is 2.45. The van der Waals surface area contributed by atoms with Crippen molar-refractivity contribution in [2.24, 2.45) is 5.73 Å². The summed E-state index contributed by atoms with van der Waals surface area (Å²) >= 11 is 6.40. The van der Waals surface area contributed by atoms with Crippen LogP contribution >= 0.6 is 11.6 Å². The first-order valence-corrected chi connectivity index (χ1v) is 6.92. The fraction of sp³-hybridized carbons (Fsp3) is 0.0588. The number of ketones is 2. The maximum atomic E-state index is 12.6. The summed E-state index contributed by atoms with van der Waals surface area (Å²) < 4.78 is 0. The van der Waals surface area contributed by atoms with E-state index in [0.29, 0.717) is 11.1 Å². The van der Waals surface area contributed by atoms with Crippen molar-refractivity contribution in [1.82, 2.24) is 0 Å². The summed E-state index contributed by atoms with van der Waals surface area (Å²) in [6.07, 6.45) is 0. The van der Waals surface area contributed by atoms with Gasteiger partial charge in [-0.05, 0) is 5.56 Å². The molecule has 0 saturated carbocycles. The maximum absolute atomic E-state index is 12.6. The van der Waals surface area contributed by atoms with E-state index in [1.807, 2.05) is 18.2 Å². The van der Waals surface area contributed by atoms with Crippen LogP contribution in [0.4, 0.5) is 0 Å². The molecule has 0 bridgehead atoms. The summed E-state index contributed by atoms with van der Waals surface area (Å²) in [7, 11) is 0. The number of Topliss-reactive ketones (excluding diaryl/α,β-unsaturated/α-hetero) is 2. The molecule has 1 atom stereocenters. The molecular formula is C17H12ClNO2. The zero-order valence-corrected chi connectivity index (χ0v) is 11.8. The number of carbonyl (C=O) groups excluding carboxylic acids is 2. The summed E-state index contributed by atoms with van der Waals surface area (Å²) in [4.78, 5) is 24.9. The highest BCUT2D eigenvalue weighted by Crippen LogP contribution is 2.36. The van der Waals surface area contributed by atoms with Crippen LogP contribution in [0.1, 0.15) is 31.7 Å². The van der Waals surface area contributed by atoms with Crippen molar-refractivity contribution in [2.45, 2.75) is 5.38 Å². The van der Waals surface area contributed by atoms with Crippen LogP contribution < -0.4 is 5.73 Å². The topological polar surface area (TPSA) is 60.2 Å². The molecule has 104 valence electrons. The first-order chi connectivity index (χ1) is 10.1. The molecule has 0 aliphatic heterocycles. The Morgan fingerprint density at radius 3 is 1.95 bits per heavy atom. The Hall–Kier alpha value is -2.39. The first kappa shape index (κ1) is 13.6. The molecule has 1 unspecified atom stereocenters. The van der Waals surface area contributed by atoms with Crippen LogP contribution in [0.5, 0.6) is 0 Å². The lowest BCUT2D eigenvalue weighted by Gasteiger charge is -2.22. The minimum atomic E-state index is -0.740. The number of allylic oxidation sites excluding steroid dienone is 2. The number of hydrogen-bond acceptors (Lipinski definition) is 3. The number of halogens is 1. The van der Waals surface area contributed by atoms with Gasteiger partial charge in [-0.25, -0.2) is 0 Å². The van der Waals surface area contributed by atoms with Gasteiger partial charge < -0.3 is 5.73 Å². The van der Waals surface area contributed by atoms with Crippen molar-refractivity contribution >= 4 is 23.2 Å². The maximum Gasteiger partial charge on any atom is 0.209 e. The predicted octanol–water partition coefficient (Wildman–Crippen LogP) is 3.26. The van der Waals surface area contributed by atoms with Crippen molar-refractivity contribution in [2.75, 3.05) is 0 Å². The average molecular weight is 298 g/mol. The Bertz CT molecular complexity index is 765. The van der Waals surface area contributed by atoms with E-state index in [1.54, 1.807) is 36.4 Å². The van der Waals surface area contributed by atoms with Gasteiger partial charge in [0.2, 0.25) is 5.78 Å². The Morgan fingerprint density at radius 1 is 0.810 bits per heavy atom. The van der Waals surface area contributed by atoms with Gasteiger partial charge in [-0.2, -0.15) is 0 Å². The minimum absolute atomic E-state index is 0.0671. The molecule has 4 heteroatoms. The van der Waals surface area contributed by atoms with E-state index in [0.717, 1.165) is 5.56 Å². The lowest BCUT2D eigenvalue weighted by molar-refractivity contribution is 0.0971. The van der Waals surface area contributed by atoms with E-state index in [2.05, 4.69) is 0 Å². The second-order valence-electron chi connectivity index (χ2n) is 4.80. The van der Waals surface area contributed by atoms with Crippen LogP contribution in [0.25, 0.3) is 0 Å². The Labute approximate surface area is 127 Å². The molecule has 0 radical (unpaired) electrons. The number of benzene rings is 2. The fourth-order valence-corrected chi connectivity index (χ4v) is 2.82. The molecule has 0 fully saturated rings. The van der Waals surface area contributed by atoms with Gasteiger partial charge in [0.1, 0.15) is 0 Å². The zero-order chi connectivity index (χ0) is 15.0. The third-order valence-electron chi connectivity index (χ3n) is 3.54. The molecule has 3 nitrogen and oxygen atoms in total. The molecule has 2 aromatic carbocycles. The monoisotopic (exact) mass is 297 g/mol. The van der Waals surface area contributed by atoms with Crippen molar-refractivity contribution in [3.63, 3.8) is 0 Å². The molecule has 0 aromatic heterocycles. The van der Waals surface area contributed by atoms with Gasteiger partial charge in [0.05, 0.1) is 11.1 Å². The largest absolute Gasteiger partial charge is 0.395 e. The van der Waals surface area contributed by atoms with Gasteiger partial charge >= 0.3 is 0 Å². The van der Waals surface area contributed by atoms with Crippen LogP contribution in [-0.4, -0.2) is 11.6 Å². The average Bonchev–Trinajstić information content (AvgIpc) is 2.53. The molecule has 1 aliphatic rings. The van der Waals surface area contributed by atoms with E-state index < -0.39 is 5.38 Å². The van der Waals surface area contributed by atoms with Crippen LogP contribution in [0, 0.1) is 0 Å². The van der Waals surface area contributed by atoms with Crippen LogP contribution in [0.15, 0.2) is 65.9 Å². The van der Waals surface area contributed by atoms with Crippen molar-refractivity contribution in [3.8, 4) is 0 Å². The highest BCUT2D eigenvalue weighted by Gasteiger charge is 2.34. The SMILES string of the molecule is NC1=C(C(Cl)c2ccccc2)C(=O)c2ccccc2C1=O. The van der Waals surface area contributed by atoms with Crippen LogP contribution in [0.2, 0.25) is 0 Å².